The topological polar surface area (TPSA) is 24.9 Å². The molecule has 0 amide bonds. The maximum Gasteiger partial charge on any atom is 0.102 e. The van der Waals surface area contributed by atoms with Crippen molar-refractivity contribution in [2.45, 2.75) is 0 Å². The molecule has 1 aliphatic heterocycles. The first-order valence-corrected chi connectivity index (χ1v) is 4.51. The predicted molar refractivity (Wildman–Crippen MR) is 54.5 cm³/mol. The van der Waals surface area contributed by atoms with Gasteiger partial charge in [0.25, 0.3) is 0 Å². The lowest BCUT2D eigenvalue weighted by molar-refractivity contribution is 1.19. The van der Waals surface area contributed by atoms with Gasteiger partial charge in [0.1, 0.15) is 3.70 Å². The maximum atomic E-state index is 4.35. The van der Waals surface area contributed by atoms with E-state index in [0.717, 1.165) is 21.6 Å². The Labute approximate surface area is 78.9 Å². The first kappa shape index (κ1) is 7.09. The van der Waals surface area contributed by atoms with E-state index in [-0.39, 0.29) is 0 Å². The molecule has 2 heterocycles. The average molecular weight is 258 g/mol. The van der Waals surface area contributed by atoms with Crippen molar-refractivity contribution in [2.75, 3.05) is 11.9 Å². The van der Waals surface area contributed by atoms with Gasteiger partial charge >= 0.3 is 0 Å². The van der Waals surface area contributed by atoms with Crippen molar-refractivity contribution >= 4 is 34.4 Å². The van der Waals surface area contributed by atoms with E-state index in [1.165, 1.54) is 0 Å². The number of aromatic nitrogens is 1. The van der Waals surface area contributed by atoms with Gasteiger partial charge in [0.15, 0.2) is 0 Å². The standard InChI is InChI=1S/C8H7IN2/c9-8-4-3-6-7(11-8)2-1-5-10-6/h1-4,10H,5H2. The molecule has 2 nitrogen and oxygen atoms in total. The highest BCUT2D eigenvalue weighted by Gasteiger charge is 2.03. The summed E-state index contributed by atoms with van der Waals surface area (Å²) in [5.74, 6) is 0. The Balaban J connectivity index is 2.54. The van der Waals surface area contributed by atoms with Crippen LogP contribution in [0.15, 0.2) is 18.2 Å². The Bertz CT molecular complexity index is 307. The fourth-order valence-electron chi connectivity index (χ4n) is 1.07. The van der Waals surface area contributed by atoms with Crippen LogP contribution in [-0.4, -0.2) is 11.5 Å². The molecule has 0 unspecified atom stereocenters. The summed E-state index contributed by atoms with van der Waals surface area (Å²) in [7, 11) is 0. The van der Waals surface area contributed by atoms with Gasteiger partial charge in [-0.25, -0.2) is 4.98 Å². The molecular formula is C8H7IN2. The van der Waals surface area contributed by atoms with E-state index in [9.17, 15) is 0 Å². The third-order valence-corrected chi connectivity index (χ3v) is 2.18. The number of pyridine rings is 1. The van der Waals surface area contributed by atoms with Gasteiger partial charge in [-0.05, 0) is 40.8 Å². The quantitative estimate of drug-likeness (QED) is 0.569. The summed E-state index contributed by atoms with van der Waals surface area (Å²) in [4.78, 5) is 4.35. The predicted octanol–water partition coefficient (Wildman–Crippen LogP) is 2.12. The van der Waals surface area contributed by atoms with E-state index < -0.39 is 0 Å². The van der Waals surface area contributed by atoms with Gasteiger partial charge in [0.2, 0.25) is 0 Å². The minimum atomic E-state index is 0.912. The van der Waals surface area contributed by atoms with Crippen molar-refractivity contribution in [2.24, 2.45) is 0 Å². The number of rotatable bonds is 0. The third-order valence-electron chi connectivity index (χ3n) is 1.58. The van der Waals surface area contributed by atoms with Crippen molar-refractivity contribution in [3.8, 4) is 0 Å². The van der Waals surface area contributed by atoms with E-state index in [4.69, 9.17) is 0 Å². The lowest BCUT2D eigenvalue weighted by atomic mass is 10.2. The van der Waals surface area contributed by atoms with E-state index in [1.807, 2.05) is 12.1 Å². The Morgan fingerprint density at radius 3 is 3.27 bits per heavy atom. The number of fused-ring (bicyclic) bond motifs is 1. The van der Waals surface area contributed by atoms with Crippen LogP contribution in [0.1, 0.15) is 5.69 Å². The largest absolute Gasteiger partial charge is 0.380 e. The second-order valence-electron chi connectivity index (χ2n) is 2.35. The molecule has 0 spiro atoms. The molecule has 1 aliphatic rings. The number of hydrogen-bond acceptors (Lipinski definition) is 2. The second kappa shape index (κ2) is 2.81. The molecule has 0 radical (unpaired) electrons. The van der Waals surface area contributed by atoms with Crippen LogP contribution in [0.3, 0.4) is 0 Å². The number of nitrogens with zero attached hydrogens (tertiary/aromatic N) is 1. The Hall–Kier alpha value is -0.580. The zero-order chi connectivity index (χ0) is 7.68. The molecule has 3 heteroatoms. The lowest BCUT2D eigenvalue weighted by Crippen LogP contribution is -2.05. The van der Waals surface area contributed by atoms with Gasteiger partial charge in [0.05, 0.1) is 11.4 Å². The van der Waals surface area contributed by atoms with Gasteiger partial charge in [-0.3, -0.25) is 0 Å². The first-order chi connectivity index (χ1) is 5.36. The van der Waals surface area contributed by atoms with Gasteiger partial charge < -0.3 is 5.32 Å². The summed E-state index contributed by atoms with van der Waals surface area (Å²) in [6, 6.07) is 4.07. The van der Waals surface area contributed by atoms with Crippen LogP contribution in [0.25, 0.3) is 6.08 Å². The fourth-order valence-corrected chi connectivity index (χ4v) is 1.51. The van der Waals surface area contributed by atoms with Crippen LogP contribution < -0.4 is 5.32 Å². The summed E-state index contributed by atoms with van der Waals surface area (Å²) in [6.07, 6.45) is 4.12. The molecule has 0 fully saturated rings. The average Bonchev–Trinajstić information content (AvgIpc) is 2.04. The van der Waals surface area contributed by atoms with Crippen LogP contribution in [0.5, 0.6) is 0 Å². The van der Waals surface area contributed by atoms with Gasteiger partial charge in [-0.15, -0.1) is 0 Å². The van der Waals surface area contributed by atoms with Crippen molar-refractivity contribution in [3.63, 3.8) is 0 Å². The monoisotopic (exact) mass is 258 g/mol. The number of hydrogen-bond donors (Lipinski definition) is 1. The number of anilines is 1. The number of halogens is 1. The smallest absolute Gasteiger partial charge is 0.102 e. The van der Waals surface area contributed by atoms with Gasteiger partial charge in [-0.1, -0.05) is 6.08 Å². The molecule has 1 aromatic rings. The molecule has 0 aliphatic carbocycles. The highest BCUT2D eigenvalue weighted by atomic mass is 127. The van der Waals surface area contributed by atoms with E-state index in [1.54, 1.807) is 0 Å². The minimum absolute atomic E-state index is 0.912. The van der Waals surface area contributed by atoms with Crippen LogP contribution in [0, 0.1) is 3.70 Å². The Morgan fingerprint density at radius 1 is 1.45 bits per heavy atom. The molecule has 0 aromatic carbocycles. The van der Waals surface area contributed by atoms with E-state index in [0.29, 0.717) is 0 Å². The Kier molecular flexibility index (Phi) is 1.81. The molecule has 0 saturated heterocycles. The first-order valence-electron chi connectivity index (χ1n) is 3.43. The molecule has 2 rings (SSSR count). The fraction of sp³-hybridized carbons (Fsp3) is 0.125. The second-order valence-corrected chi connectivity index (χ2v) is 3.46. The molecule has 1 aromatic heterocycles. The van der Waals surface area contributed by atoms with Crippen LogP contribution in [0.2, 0.25) is 0 Å². The molecule has 0 saturated carbocycles. The zero-order valence-electron chi connectivity index (χ0n) is 5.84. The van der Waals surface area contributed by atoms with E-state index in [2.05, 4.69) is 45.0 Å². The highest BCUT2D eigenvalue weighted by molar-refractivity contribution is 14.1. The Morgan fingerprint density at radius 2 is 2.36 bits per heavy atom. The summed E-state index contributed by atoms with van der Waals surface area (Å²) >= 11 is 2.21. The molecular weight excluding hydrogens is 251 g/mol. The van der Waals surface area contributed by atoms with Crippen molar-refractivity contribution < 1.29 is 0 Å². The minimum Gasteiger partial charge on any atom is -0.380 e. The highest BCUT2D eigenvalue weighted by Crippen LogP contribution is 2.18. The summed E-state index contributed by atoms with van der Waals surface area (Å²) in [5.41, 5.74) is 2.18. The van der Waals surface area contributed by atoms with Crippen LogP contribution in [-0.2, 0) is 0 Å². The molecule has 0 bridgehead atoms. The maximum absolute atomic E-state index is 4.35. The third kappa shape index (κ3) is 1.38. The summed E-state index contributed by atoms with van der Waals surface area (Å²) < 4.78 is 1.04. The van der Waals surface area contributed by atoms with Crippen molar-refractivity contribution in [3.05, 3.63) is 27.6 Å². The van der Waals surface area contributed by atoms with Crippen molar-refractivity contribution in [1.29, 1.82) is 0 Å². The normalized spacial score (nSPS) is 13.9. The molecule has 1 N–H and O–H groups in total. The van der Waals surface area contributed by atoms with Gasteiger partial charge in [0, 0.05) is 6.54 Å². The van der Waals surface area contributed by atoms with Crippen LogP contribution in [0.4, 0.5) is 5.69 Å². The SMILES string of the molecule is Ic1ccc2c(n1)C=CCN2. The summed E-state index contributed by atoms with van der Waals surface area (Å²) in [5, 5.41) is 3.24. The van der Waals surface area contributed by atoms with Gasteiger partial charge in [-0.2, -0.15) is 0 Å². The number of nitrogens with one attached hydrogen (secondary N) is 1. The molecule has 56 valence electrons. The molecule has 11 heavy (non-hydrogen) atoms. The van der Waals surface area contributed by atoms with Crippen LogP contribution >= 0.6 is 22.6 Å². The summed E-state index contributed by atoms with van der Waals surface area (Å²) in [6.45, 7) is 0.912. The van der Waals surface area contributed by atoms with E-state index >= 15 is 0 Å². The molecule has 0 atom stereocenters. The lowest BCUT2D eigenvalue weighted by Gasteiger charge is -2.11. The van der Waals surface area contributed by atoms with Crippen molar-refractivity contribution in [1.82, 2.24) is 4.98 Å². The zero-order valence-corrected chi connectivity index (χ0v) is 8.00.